The molecule has 132 valence electrons. The van der Waals surface area contributed by atoms with Gasteiger partial charge < -0.3 is 4.57 Å². The molecule has 4 rings (SSSR count). The predicted molar refractivity (Wildman–Crippen MR) is 105 cm³/mol. The summed E-state index contributed by atoms with van der Waals surface area (Å²) in [4.78, 5) is 17.2. The third kappa shape index (κ3) is 2.86. The smallest absolute Gasteiger partial charge is 0.274 e. The quantitative estimate of drug-likeness (QED) is 0.534. The molecule has 26 heavy (non-hydrogen) atoms. The van der Waals surface area contributed by atoms with Crippen molar-refractivity contribution < 1.29 is 9.18 Å². The van der Waals surface area contributed by atoms with E-state index in [4.69, 9.17) is 0 Å². The number of hydrogen-bond acceptors (Lipinski definition) is 3. The third-order valence-corrected chi connectivity index (χ3v) is 5.47. The van der Waals surface area contributed by atoms with E-state index >= 15 is 0 Å². The van der Waals surface area contributed by atoms with Crippen LogP contribution in [0.1, 0.15) is 35.8 Å². The van der Waals surface area contributed by atoms with Gasteiger partial charge in [-0.05, 0) is 47.9 Å². The van der Waals surface area contributed by atoms with Gasteiger partial charge in [0, 0.05) is 12.4 Å². The van der Waals surface area contributed by atoms with Crippen LogP contribution < -0.4 is 5.32 Å². The van der Waals surface area contributed by atoms with E-state index in [-0.39, 0.29) is 11.7 Å². The van der Waals surface area contributed by atoms with E-state index in [1.165, 1.54) is 29.0 Å². The molecule has 0 radical (unpaired) electrons. The van der Waals surface area contributed by atoms with Gasteiger partial charge in [-0.2, -0.15) is 0 Å². The fourth-order valence-electron chi connectivity index (χ4n) is 3.04. The Bertz CT molecular complexity index is 1140. The Morgan fingerprint density at radius 3 is 2.77 bits per heavy atom. The molecule has 0 aliphatic rings. The summed E-state index contributed by atoms with van der Waals surface area (Å²) in [5.74, 6) is -0.138. The van der Waals surface area contributed by atoms with Gasteiger partial charge in [0.1, 0.15) is 11.5 Å². The van der Waals surface area contributed by atoms with Crippen molar-refractivity contribution in [3.63, 3.8) is 0 Å². The highest BCUT2D eigenvalue weighted by Gasteiger charge is 2.16. The first-order valence-electron chi connectivity index (χ1n) is 8.39. The van der Waals surface area contributed by atoms with Gasteiger partial charge in [-0.1, -0.05) is 31.3 Å². The van der Waals surface area contributed by atoms with E-state index in [9.17, 15) is 9.18 Å². The second-order valence-electron chi connectivity index (χ2n) is 6.65. The average Bonchev–Trinajstić information content (AvgIpc) is 3.14. The van der Waals surface area contributed by atoms with Crippen molar-refractivity contribution in [1.29, 1.82) is 0 Å². The lowest BCUT2D eigenvalue weighted by molar-refractivity contribution is 0.101. The number of hydrogen-bond donors (Lipinski definition) is 1. The third-order valence-electron chi connectivity index (χ3n) is 4.54. The zero-order valence-electron chi connectivity index (χ0n) is 14.7. The molecule has 2 aromatic carbocycles. The van der Waals surface area contributed by atoms with E-state index in [0.29, 0.717) is 22.3 Å². The molecule has 0 atom stereocenters. The largest absolute Gasteiger partial charge is 0.340 e. The van der Waals surface area contributed by atoms with Gasteiger partial charge in [-0.25, -0.2) is 9.37 Å². The van der Waals surface area contributed by atoms with Crippen LogP contribution in [0.15, 0.2) is 42.5 Å². The lowest BCUT2D eigenvalue weighted by Crippen LogP contribution is -2.15. The standard InChI is InChI=1S/C20H18FN3OS/c1-11(2)12-5-7-15-18(9-12)26-20(22-15)23-19(25)17-8-13-4-6-14(21)10-16(13)24(17)3/h4-11H,1-3H3,(H,22,23,25). The van der Waals surface area contributed by atoms with Gasteiger partial charge in [0.05, 0.1) is 15.7 Å². The number of carbonyl (C=O) groups excluding carboxylic acids is 1. The van der Waals surface area contributed by atoms with Crippen LogP contribution in [0.4, 0.5) is 9.52 Å². The van der Waals surface area contributed by atoms with Gasteiger partial charge in [0.15, 0.2) is 5.13 Å². The number of rotatable bonds is 3. The number of thiazole rings is 1. The zero-order chi connectivity index (χ0) is 18.4. The summed E-state index contributed by atoms with van der Waals surface area (Å²) >= 11 is 1.45. The Balaban J connectivity index is 1.66. The number of nitrogens with zero attached hydrogens (tertiary/aromatic N) is 2. The minimum atomic E-state index is -0.321. The normalized spacial score (nSPS) is 11.6. The van der Waals surface area contributed by atoms with E-state index in [1.54, 1.807) is 23.7 Å². The molecule has 0 fully saturated rings. The summed E-state index contributed by atoms with van der Waals surface area (Å²) in [5.41, 5.74) is 3.26. The van der Waals surface area contributed by atoms with E-state index in [0.717, 1.165) is 15.6 Å². The maximum atomic E-state index is 13.5. The van der Waals surface area contributed by atoms with Gasteiger partial charge in [0.25, 0.3) is 5.91 Å². The Hall–Kier alpha value is -2.73. The summed E-state index contributed by atoms with van der Waals surface area (Å²) in [7, 11) is 1.75. The topological polar surface area (TPSA) is 46.9 Å². The molecule has 4 aromatic rings. The summed E-state index contributed by atoms with van der Waals surface area (Å²) in [6.45, 7) is 4.29. The molecular formula is C20H18FN3OS. The predicted octanol–water partition coefficient (Wildman–Crippen LogP) is 5.30. The van der Waals surface area contributed by atoms with Gasteiger partial charge in [-0.15, -0.1) is 0 Å². The van der Waals surface area contributed by atoms with Crippen LogP contribution in [-0.2, 0) is 7.05 Å². The summed E-state index contributed by atoms with van der Waals surface area (Å²) < 4.78 is 16.2. The van der Waals surface area contributed by atoms with Gasteiger partial charge >= 0.3 is 0 Å². The summed E-state index contributed by atoms with van der Waals surface area (Å²) in [5, 5.41) is 4.25. The number of aryl methyl sites for hydroxylation is 1. The maximum Gasteiger partial charge on any atom is 0.274 e. The van der Waals surface area contributed by atoms with Crippen molar-refractivity contribution >= 4 is 43.5 Å². The van der Waals surface area contributed by atoms with Crippen LogP contribution in [0.2, 0.25) is 0 Å². The van der Waals surface area contributed by atoms with Crippen LogP contribution in [-0.4, -0.2) is 15.5 Å². The van der Waals surface area contributed by atoms with Crippen LogP contribution in [0.3, 0.4) is 0 Å². The highest BCUT2D eigenvalue weighted by atomic mass is 32.1. The minimum absolute atomic E-state index is 0.257. The first-order chi connectivity index (χ1) is 12.4. The number of fused-ring (bicyclic) bond motifs is 2. The summed E-state index contributed by atoms with van der Waals surface area (Å²) in [6.07, 6.45) is 0. The molecule has 0 aliphatic carbocycles. The van der Waals surface area contributed by atoms with Crippen LogP contribution in [0.25, 0.3) is 21.1 Å². The average molecular weight is 367 g/mol. The molecule has 0 bridgehead atoms. The highest BCUT2D eigenvalue weighted by molar-refractivity contribution is 7.22. The number of amides is 1. The van der Waals surface area contributed by atoms with Crippen LogP contribution in [0.5, 0.6) is 0 Å². The van der Waals surface area contributed by atoms with Crippen molar-refractivity contribution in [1.82, 2.24) is 9.55 Å². The first kappa shape index (κ1) is 16.7. The molecule has 0 saturated heterocycles. The Morgan fingerprint density at radius 1 is 1.19 bits per heavy atom. The molecule has 6 heteroatoms. The fraction of sp³-hybridized carbons (Fsp3) is 0.200. The number of anilines is 1. The molecule has 0 unspecified atom stereocenters. The van der Waals surface area contributed by atoms with Crippen molar-refractivity contribution in [3.8, 4) is 0 Å². The monoisotopic (exact) mass is 367 g/mol. The maximum absolute atomic E-state index is 13.5. The number of benzene rings is 2. The number of halogens is 1. The van der Waals surface area contributed by atoms with Crippen molar-refractivity contribution in [2.45, 2.75) is 19.8 Å². The van der Waals surface area contributed by atoms with Gasteiger partial charge in [0.2, 0.25) is 0 Å². The molecule has 1 N–H and O–H groups in total. The Morgan fingerprint density at radius 2 is 2.00 bits per heavy atom. The second-order valence-corrected chi connectivity index (χ2v) is 7.68. The SMILES string of the molecule is CC(C)c1ccc2nc(NC(=O)c3cc4ccc(F)cc4n3C)sc2c1. The molecule has 2 aromatic heterocycles. The molecule has 0 saturated carbocycles. The second kappa shape index (κ2) is 6.21. The minimum Gasteiger partial charge on any atom is -0.340 e. The molecule has 1 amide bonds. The van der Waals surface area contributed by atoms with E-state index in [1.807, 2.05) is 6.07 Å². The van der Waals surface area contributed by atoms with Crippen molar-refractivity contribution in [2.75, 3.05) is 5.32 Å². The first-order valence-corrected chi connectivity index (χ1v) is 9.21. The van der Waals surface area contributed by atoms with E-state index in [2.05, 4.69) is 36.3 Å². The van der Waals surface area contributed by atoms with Crippen molar-refractivity contribution in [3.05, 3.63) is 59.5 Å². The fourth-order valence-corrected chi connectivity index (χ4v) is 3.95. The van der Waals surface area contributed by atoms with Crippen LogP contribution in [0, 0.1) is 5.82 Å². The lowest BCUT2D eigenvalue weighted by Gasteiger charge is -2.03. The Labute approximate surface area is 154 Å². The van der Waals surface area contributed by atoms with Gasteiger partial charge in [-0.3, -0.25) is 10.1 Å². The molecular weight excluding hydrogens is 349 g/mol. The van der Waals surface area contributed by atoms with Crippen molar-refractivity contribution in [2.24, 2.45) is 7.05 Å². The van der Waals surface area contributed by atoms with Crippen LogP contribution >= 0.6 is 11.3 Å². The molecule has 0 aliphatic heterocycles. The van der Waals surface area contributed by atoms with E-state index < -0.39 is 0 Å². The number of carbonyl (C=O) groups is 1. The number of aromatic nitrogens is 2. The molecule has 2 heterocycles. The molecule has 0 spiro atoms. The summed E-state index contributed by atoms with van der Waals surface area (Å²) in [6, 6.07) is 12.4. The number of nitrogens with one attached hydrogen (secondary N) is 1. The zero-order valence-corrected chi connectivity index (χ0v) is 15.5. The highest BCUT2D eigenvalue weighted by Crippen LogP contribution is 2.29. The molecule has 4 nitrogen and oxygen atoms in total. The Kier molecular flexibility index (Phi) is 4.00. The lowest BCUT2D eigenvalue weighted by atomic mass is 10.0.